The largest absolute Gasteiger partial charge is 0.497 e. The Kier molecular flexibility index (Phi) is 5.07. The van der Waals surface area contributed by atoms with Crippen LogP contribution >= 0.6 is 0 Å². The number of ether oxygens (including phenoxy) is 1. The van der Waals surface area contributed by atoms with E-state index >= 15 is 0 Å². The van der Waals surface area contributed by atoms with E-state index in [2.05, 4.69) is 16.9 Å². The van der Waals surface area contributed by atoms with E-state index in [9.17, 15) is 4.79 Å². The SMILES string of the molecule is COc1cccc(C(=O)N2CCc3nc(C4CCCCN4C)ncc3C2)c1. The molecule has 3 heterocycles. The number of hydrogen-bond acceptors (Lipinski definition) is 5. The van der Waals surface area contributed by atoms with Gasteiger partial charge < -0.3 is 9.64 Å². The molecule has 27 heavy (non-hydrogen) atoms. The molecule has 2 aliphatic heterocycles. The summed E-state index contributed by atoms with van der Waals surface area (Å²) in [6.45, 7) is 2.35. The van der Waals surface area contributed by atoms with Crippen molar-refractivity contribution in [2.24, 2.45) is 0 Å². The molecule has 1 aromatic heterocycles. The highest BCUT2D eigenvalue weighted by atomic mass is 16.5. The molecule has 142 valence electrons. The van der Waals surface area contributed by atoms with Gasteiger partial charge in [-0.3, -0.25) is 9.69 Å². The van der Waals surface area contributed by atoms with Gasteiger partial charge in [0, 0.05) is 36.8 Å². The first-order chi connectivity index (χ1) is 13.2. The molecule has 1 saturated heterocycles. The predicted molar refractivity (Wildman–Crippen MR) is 103 cm³/mol. The summed E-state index contributed by atoms with van der Waals surface area (Å²) in [6.07, 6.45) is 6.30. The summed E-state index contributed by atoms with van der Waals surface area (Å²) in [6, 6.07) is 7.63. The van der Waals surface area contributed by atoms with E-state index in [1.165, 1.54) is 12.8 Å². The summed E-state index contributed by atoms with van der Waals surface area (Å²) in [4.78, 5) is 26.6. The lowest BCUT2D eigenvalue weighted by Crippen LogP contribution is -2.37. The summed E-state index contributed by atoms with van der Waals surface area (Å²) in [5.74, 6) is 1.65. The predicted octanol–water partition coefficient (Wildman–Crippen LogP) is 2.84. The van der Waals surface area contributed by atoms with Gasteiger partial charge in [0.05, 0.1) is 18.8 Å². The van der Waals surface area contributed by atoms with Crippen molar-refractivity contribution < 1.29 is 9.53 Å². The zero-order valence-electron chi connectivity index (χ0n) is 16.0. The van der Waals surface area contributed by atoms with Crippen molar-refractivity contribution in [1.29, 1.82) is 0 Å². The van der Waals surface area contributed by atoms with E-state index in [0.717, 1.165) is 36.5 Å². The maximum absolute atomic E-state index is 12.9. The van der Waals surface area contributed by atoms with Gasteiger partial charge in [0.25, 0.3) is 5.91 Å². The van der Waals surface area contributed by atoms with E-state index < -0.39 is 0 Å². The van der Waals surface area contributed by atoms with Crippen LogP contribution < -0.4 is 4.74 Å². The zero-order chi connectivity index (χ0) is 18.8. The maximum Gasteiger partial charge on any atom is 0.254 e. The molecule has 4 rings (SSSR count). The Morgan fingerprint density at radius 1 is 1.26 bits per heavy atom. The van der Waals surface area contributed by atoms with Gasteiger partial charge >= 0.3 is 0 Å². The fourth-order valence-electron chi connectivity index (χ4n) is 4.01. The van der Waals surface area contributed by atoms with Crippen molar-refractivity contribution in [2.45, 2.75) is 38.3 Å². The molecule has 2 aliphatic rings. The van der Waals surface area contributed by atoms with Gasteiger partial charge in [0.1, 0.15) is 11.6 Å². The third kappa shape index (κ3) is 3.67. The Morgan fingerprint density at radius 2 is 2.15 bits per heavy atom. The van der Waals surface area contributed by atoms with Gasteiger partial charge in [0.15, 0.2) is 0 Å². The van der Waals surface area contributed by atoms with Gasteiger partial charge in [-0.15, -0.1) is 0 Å². The van der Waals surface area contributed by atoms with Crippen molar-refractivity contribution in [1.82, 2.24) is 19.8 Å². The van der Waals surface area contributed by atoms with Crippen LogP contribution in [0.3, 0.4) is 0 Å². The smallest absolute Gasteiger partial charge is 0.254 e. The highest BCUT2D eigenvalue weighted by Gasteiger charge is 2.27. The number of amides is 1. The molecule has 0 saturated carbocycles. The quantitative estimate of drug-likeness (QED) is 0.836. The monoisotopic (exact) mass is 366 g/mol. The minimum absolute atomic E-state index is 0.0237. The standard InChI is InChI=1S/C21H26N4O2/c1-24-10-4-3-8-19(24)20-22-13-16-14-25(11-9-18(16)23-20)21(26)15-6-5-7-17(12-15)27-2/h5-7,12-13,19H,3-4,8-11,14H2,1-2H3. The number of carbonyl (C=O) groups is 1. The molecule has 0 radical (unpaired) electrons. The van der Waals surface area contributed by atoms with Gasteiger partial charge in [-0.05, 0) is 44.6 Å². The van der Waals surface area contributed by atoms with E-state index in [-0.39, 0.29) is 5.91 Å². The van der Waals surface area contributed by atoms with Gasteiger partial charge in [-0.1, -0.05) is 12.5 Å². The normalized spacial score (nSPS) is 20.2. The highest BCUT2D eigenvalue weighted by molar-refractivity contribution is 5.94. The molecule has 1 atom stereocenters. The van der Waals surface area contributed by atoms with E-state index in [0.29, 0.717) is 30.4 Å². The fourth-order valence-corrected chi connectivity index (χ4v) is 4.01. The van der Waals surface area contributed by atoms with Crippen LogP contribution in [0.2, 0.25) is 0 Å². The second-order valence-corrected chi connectivity index (χ2v) is 7.40. The van der Waals surface area contributed by atoms with Crippen LogP contribution in [0.1, 0.15) is 52.7 Å². The molecule has 1 fully saturated rings. The van der Waals surface area contributed by atoms with Crippen LogP contribution in [0.15, 0.2) is 30.5 Å². The Bertz CT molecular complexity index is 839. The fraction of sp³-hybridized carbons (Fsp3) is 0.476. The number of hydrogen-bond donors (Lipinski definition) is 0. The second-order valence-electron chi connectivity index (χ2n) is 7.40. The van der Waals surface area contributed by atoms with Crippen LogP contribution in [0.5, 0.6) is 5.75 Å². The number of aromatic nitrogens is 2. The van der Waals surface area contributed by atoms with Gasteiger partial charge in [-0.2, -0.15) is 0 Å². The van der Waals surface area contributed by atoms with Gasteiger partial charge in [-0.25, -0.2) is 9.97 Å². The molecule has 0 N–H and O–H groups in total. The lowest BCUT2D eigenvalue weighted by atomic mass is 10.0. The molecule has 1 amide bonds. The first-order valence-electron chi connectivity index (χ1n) is 9.64. The Hall–Kier alpha value is -2.47. The first kappa shape index (κ1) is 17.9. The summed E-state index contributed by atoms with van der Waals surface area (Å²) in [5.41, 5.74) is 2.80. The number of fused-ring (bicyclic) bond motifs is 1. The summed E-state index contributed by atoms with van der Waals surface area (Å²) >= 11 is 0. The van der Waals surface area contributed by atoms with Crippen LogP contribution in [0, 0.1) is 0 Å². The average molecular weight is 366 g/mol. The average Bonchev–Trinajstić information content (AvgIpc) is 2.73. The molecule has 6 nitrogen and oxygen atoms in total. The third-order valence-corrected chi connectivity index (χ3v) is 5.62. The Labute approximate surface area is 160 Å². The third-order valence-electron chi connectivity index (χ3n) is 5.62. The molecule has 1 unspecified atom stereocenters. The van der Waals surface area contributed by atoms with Crippen molar-refractivity contribution in [2.75, 3.05) is 27.2 Å². The minimum Gasteiger partial charge on any atom is -0.497 e. The van der Waals surface area contributed by atoms with E-state index in [1.54, 1.807) is 13.2 Å². The molecular formula is C21H26N4O2. The molecular weight excluding hydrogens is 340 g/mol. The first-order valence-corrected chi connectivity index (χ1v) is 9.64. The Balaban J connectivity index is 1.51. The van der Waals surface area contributed by atoms with Crippen molar-refractivity contribution in [3.8, 4) is 5.75 Å². The summed E-state index contributed by atoms with van der Waals surface area (Å²) in [7, 11) is 3.76. The zero-order valence-corrected chi connectivity index (χ0v) is 16.0. The van der Waals surface area contributed by atoms with Crippen molar-refractivity contribution in [3.63, 3.8) is 0 Å². The maximum atomic E-state index is 12.9. The van der Waals surface area contributed by atoms with E-state index in [4.69, 9.17) is 9.72 Å². The van der Waals surface area contributed by atoms with Crippen LogP contribution in [0.25, 0.3) is 0 Å². The molecule has 0 spiro atoms. The second kappa shape index (κ2) is 7.64. The number of carbonyl (C=O) groups excluding carboxylic acids is 1. The number of piperidine rings is 1. The van der Waals surface area contributed by atoms with Crippen LogP contribution in [-0.2, 0) is 13.0 Å². The number of rotatable bonds is 3. The van der Waals surface area contributed by atoms with Crippen LogP contribution in [0.4, 0.5) is 0 Å². The summed E-state index contributed by atoms with van der Waals surface area (Å²) in [5, 5.41) is 0. The molecule has 6 heteroatoms. The molecule has 0 bridgehead atoms. The molecule has 0 aliphatic carbocycles. The Morgan fingerprint density at radius 3 is 2.96 bits per heavy atom. The number of methoxy groups -OCH3 is 1. The van der Waals surface area contributed by atoms with E-state index in [1.807, 2.05) is 29.3 Å². The number of likely N-dealkylation sites (tertiary alicyclic amines) is 1. The summed E-state index contributed by atoms with van der Waals surface area (Å²) < 4.78 is 5.23. The van der Waals surface area contributed by atoms with Gasteiger partial charge in [0.2, 0.25) is 0 Å². The number of nitrogens with zero attached hydrogens (tertiary/aromatic N) is 4. The van der Waals surface area contributed by atoms with Crippen LogP contribution in [-0.4, -0.2) is 52.9 Å². The number of benzene rings is 1. The minimum atomic E-state index is 0.0237. The van der Waals surface area contributed by atoms with Crippen molar-refractivity contribution >= 4 is 5.91 Å². The van der Waals surface area contributed by atoms with Crippen molar-refractivity contribution in [3.05, 3.63) is 53.1 Å². The lowest BCUT2D eigenvalue weighted by Gasteiger charge is -2.33. The highest BCUT2D eigenvalue weighted by Crippen LogP contribution is 2.28. The molecule has 2 aromatic rings. The lowest BCUT2D eigenvalue weighted by molar-refractivity contribution is 0.0732. The topological polar surface area (TPSA) is 58.6 Å². The molecule has 1 aromatic carbocycles.